The van der Waals surface area contributed by atoms with E-state index in [0.29, 0.717) is 12.5 Å². The van der Waals surface area contributed by atoms with Crippen LogP contribution < -0.4 is 5.32 Å². The van der Waals surface area contributed by atoms with Crippen molar-refractivity contribution < 1.29 is 5.11 Å². The maximum atomic E-state index is 10.5. The van der Waals surface area contributed by atoms with Gasteiger partial charge >= 0.3 is 0 Å². The Kier molecular flexibility index (Phi) is 5.24. The van der Waals surface area contributed by atoms with E-state index in [1.807, 2.05) is 17.4 Å². The average Bonchev–Trinajstić information content (AvgIpc) is 3.14. The number of β-amino-alcohol motifs (C(OH)–C–C–N with tert-alkyl or cyclic N) is 1. The number of aliphatic hydroxyl groups is 1. The van der Waals surface area contributed by atoms with Gasteiger partial charge in [0.1, 0.15) is 0 Å². The van der Waals surface area contributed by atoms with Crippen molar-refractivity contribution in [1.82, 2.24) is 14.9 Å². The molecule has 2 N–H and O–H groups in total. The Hall–Kier alpha value is -2.28. The molecule has 0 unspecified atom stereocenters. The highest BCUT2D eigenvalue weighted by molar-refractivity contribution is 7.15. The Morgan fingerprint density at radius 2 is 1.88 bits per heavy atom. The maximum Gasteiger partial charge on any atom is 0.222 e. The van der Waals surface area contributed by atoms with Crippen molar-refractivity contribution in [3.05, 3.63) is 65.8 Å². The first-order chi connectivity index (χ1) is 12.8. The van der Waals surface area contributed by atoms with Gasteiger partial charge in [0.25, 0.3) is 0 Å². The van der Waals surface area contributed by atoms with Crippen molar-refractivity contribution in [1.29, 1.82) is 0 Å². The van der Waals surface area contributed by atoms with Gasteiger partial charge in [-0.2, -0.15) is 0 Å². The molecule has 1 aliphatic rings. The Labute approximate surface area is 157 Å². The number of nitrogens with zero attached hydrogens (tertiary/aromatic N) is 3. The number of piperidine rings is 1. The van der Waals surface area contributed by atoms with Crippen molar-refractivity contribution in [2.45, 2.75) is 25.1 Å². The summed E-state index contributed by atoms with van der Waals surface area (Å²) in [7, 11) is 0. The van der Waals surface area contributed by atoms with Gasteiger partial charge in [-0.15, -0.1) is 11.3 Å². The molecule has 0 bridgehead atoms. The van der Waals surface area contributed by atoms with E-state index in [4.69, 9.17) is 0 Å². The summed E-state index contributed by atoms with van der Waals surface area (Å²) < 4.78 is 0. The molecule has 1 fully saturated rings. The van der Waals surface area contributed by atoms with Crippen molar-refractivity contribution in [3.63, 3.8) is 0 Å². The molecular weight excluding hydrogens is 344 g/mol. The third-order valence-electron chi connectivity index (χ3n) is 4.65. The molecule has 0 aliphatic carbocycles. The van der Waals surface area contributed by atoms with E-state index in [1.54, 1.807) is 18.5 Å². The Bertz CT molecular complexity index is 824. The fourth-order valence-electron chi connectivity index (χ4n) is 3.29. The molecule has 0 radical (unpaired) electrons. The predicted molar refractivity (Wildman–Crippen MR) is 105 cm³/mol. The zero-order valence-electron chi connectivity index (χ0n) is 14.5. The number of hydrogen-bond donors (Lipinski definition) is 2. The van der Waals surface area contributed by atoms with E-state index in [2.05, 4.69) is 56.6 Å². The first-order valence-corrected chi connectivity index (χ1v) is 9.68. The summed E-state index contributed by atoms with van der Waals surface area (Å²) >= 11 is 1.83. The lowest BCUT2D eigenvalue weighted by atomic mass is 10.0. The lowest BCUT2D eigenvalue weighted by Gasteiger charge is -2.36. The summed E-state index contributed by atoms with van der Waals surface area (Å²) in [6.45, 7) is 2.48. The molecule has 0 amide bonds. The van der Waals surface area contributed by atoms with Crippen LogP contribution in [0.3, 0.4) is 0 Å². The minimum absolute atomic E-state index is 0.00290. The third-order valence-corrected chi connectivity index (χ3v) is 5.76. The molecular formula is C20H22N4OS. The number of rotatable bonds is 5. The van der Waals surface area contributed by atoms with E-state index >= 15 is 0 Å². The standard InChI is InChI=1S/C20H22N4OS/c25-18-14-24(12-9-17(18)23-20-21-10-4-11-22-20)13-16-7-8-19(26-16)15-5-2-1-3-6-15/h1-8,10-11,17-18,25H,9,12-14H2,(H,21,22,23)/t17-,18-/m1/s1. The first-order valence-electron chi connectivity index (χ1n) is 8.86. The fraction of sp³-hybridized carbons (Fsp3) is 0.300. The molecule has 0 saturated carbocycles. The predicted octanol–water partition coefficient (Wildman–Crippen LogP) is 3.25. The third kappa shape index (κ3) is 4.09. The lowest BCUT2D eigenvalue weighted by Crippen LogP contribution is -2.49. The van der Waals surface area contributed by atoms with Gasteiger partial charge in [-0.25, -0.2) is 9.97 Å². The maximum absolute atomic E-state index is 10.5. The number of benzene rings is 1. The van der Waals surface area contributed by atoms with Gasteiger partial charge in [-0.05, 0) is 30.2 Å². The van der Waals surface area contributed by atoms with Crippen LogP contribution in [-0.2, 0) is 6.54 Å². The monoisotopic (exact) mass is 366 g/mol. The van der Waals surface area contributed by atoms with E-state index < -0.39 is 6.10 Å². The summed E-state index contributed by atoms with van der Waals surface area (Å²) in [4.78, 5) is 13.3. The van der Waals surface area contributed by atoms with E-state index in [9.17, 15) is 5.11 Å². The average molecular weight is 366 g/mol. The molecule has 1 aliphatic heterocycles. The number of aromatic nitrogens is 2. The van der Waals surface area contributed by atoms with Gasteiger partial charge in [0.15, 0.2) is 0 Å². The second-order valence-electron chi connectivity index (χ2n) is 6.55. The summed E-state index contributed by atoms with van der Waals surface area (Å²) in [5, 5.41) is 13.7. The Morgan fingerprint density at radius 1 is 1.08 bits per heavy atom. The van der Waals surface area contributed by atoms with Gasteiger partial charge in [0.05, 0.1) is 12.1 Å². The van der Waals surface area contributed by atoms with E-state index in [-0.39, 0.29) is 6.04 Å². The van der Waals surface area contributed by atoms with Crippen LogP contribution in [0.1, 0.15) is 11.3 Å². The van der Waals surface area contributed by atoms with Gasteiger partial charge in [-0.3, -0.25) is 4.90 Å². The Morgan fingerprint density at radius 3 is 2.65 bits per heavy atom. The summed E-state index contributed by atoms with van der Waals surface area (Å²) in [5.41, 5.74) is 1.26. The van der Waals surface area contributed by atoms with Crippen LogP contribution >= 0.6 is 11.3 Å². The SMILES string of the molecule is O[C@@H]1CN(Cc2ccc(-c3ccccc3)s2)CC[C@H]1Nc1ncccn1. The molecule has 3 aromatic rings. The number of likely N-dealkylation sites (tertiary alicyclic amines) is 1. The topological polar surface area (TPSA) is 61.3 Å². The molecule has 1 aromatic carbocycles. The minimum atomic E-state index is -0.430. The first kappa shape index (κ1) is 17.1. The molecule has 6 heteroatoms. The highest BCUT2D eigenvalue weighted by Crippen LogP contribution is 2.29. The van der Waals surface area contributed by atoms with Crippen molar-refractivity contribution in [3.8, 4) is 10.4 Å². The molecule has 3 heterocycles. The van der Waals surface area contributed by atoms with Crippen molar-refractivity contribution in [2.24, 2.45) is 0 Å². The second-order valence-corrected chi connectivity index (χ2v) is 7.71. The van der Waals surface area contributed by atoms with Crippen molar-refractivity contribution >= 4 is 17.3 Å². The summed E-state index contributed by atoms with van der Waals surface area (Å²) in [6, 6.07) is 16.6. The van der Waals surface area contributed by atoms with Gasteiger partial charge in [-0.1, -0.05) is 30.3 Å². The molecule has 0 spiro atoms. The number of anilines is 1. The number of aliphatic hydroxyl groups excluding tert-OH is 1. The quantitative estimate of drug-likeness (QED) is 0.726. The van der Waals surface area contributed by atoms with Crippen LogP contribution in [0.5, 0.6) is 0 Å². The van der Waals surface area contributed by atoms with Crippen LogP contribution in [0.4, 0.5) is 5.95 Å². The number of hydrogen-bond acceptors (Lipinski definition) is 6. The zero-order chi connectivity index (χ0) is 17.8. The largest absolute Gasteiger partial charge is 0.390 e. The Balaban J connectivity index is 1.34. The molecule has 4 rings (SSSR count). The molecule has 5 nitrogen and oxygen atoms in total. The molecule has 2 atom stereocenters. The molecule has 134 valence electrons. The molecule has 2 aromatic heterocycles. The van der Waals surface area contributed by atoms with Gasteiger partial charge in [0, 0.05) is 41.8 Å². The smallest absolute Gasteiger partial charge is 0.222 e. The second kappa shape index (κ2) is 7.95. The summed E-state index contributed by atoms with van der Waals surface area (Å²) in [5.74, 6) is 0.579. The van der Waals surface area contributed by atoms with Crippen LogP contribution in [-0.4, -0.2) is 45.2 Å². The van der Waals surface area contributed by atoms with Crippen LogP contribution in [0.25, 0.3) is 10.4 Å². The number of thiophene rings is 1. The molecule has 1 saturated heterocycles. The molecule has 26 heavy (non-hydrogen) atoms. The number of nitrogens with one attached hydrogen (secondary N) is 1. The van der Waals surface area contributed by atoms with Gasteiger partial charge in [0.2, 0.25) is 5.95 Å². The van der Waals surface area contributed by atoms with E-state index in [0.717, 1.165) is 19.5 Å². The minimum Gasteiger partial charge on any atom is -0.390 e. The highest BCUT2D eigenvalue weighted by atomic mass is 32.1. The summed E-state index contributed by atoms with van der Waals surface area (Å²) in [6.07, 6.45) is 3.85. The fourth-order valence-corrected chi connectivity index (χ4v) is 4.35. The van der Waals surface area contributed by atoms with Crippen molar-refractivity contribution in [2.75, 3.05) is 18.4 Å². The lowest BCUT2D eigenvalue weighted by molar-refractivity contribution is 0.0564. The van der Waals surface area contributed by atoms with Crippen LogP contribution in [0.2, 0.25) is 0 Å². The van der Waals surface area contributed by atoms with Gasteiger partial charge < -0.3 is 10.4 Å². The van der Waals surface area contributed by atoms with Crippen LogP contribution in [0, 0.1) is 0 Å². The zero-order valence-corrected chi connectivity index (χ0v) is 15.3. The normalized spacial score (nSPS) is 20.8. The van der Waals surface area contributed by atoms with E-state index in [1.165, 1.54) is 15.3 Å². The van der Waals surface area contributed by atoms with Crippen LogP contribution in [0.15, 0.2) is 60.9 Å². The highest BCUT2D eigenvalue weighted by Gasteiger charge is 2.28.